The largest absolute Gasteiger partial charge is 0.507 e. The number of allylic oxidation sites excluding steroid dienone is 2. The van der Waals surface area contributed by atoms with E-state index < -0.39 is 23.2 Å². The van der Waals surface area contributed by atoms with Crippen molar-refractivity contribution < 1.29 is 23.0 Å². The number of halogens is 4. The molecule has 0 saturated heterocycles. The third-order valence-corrected chi connectivity index (χ3v) is 4.97. The number of hydrogen-bond acceptors (Lipinski definition) is 4. The summed E-state index contributed by atoms with van der Waals surface area (Å²) in [5.74, 6) is -0.0974. The van der Waals surface area contributed by atoms with Gasteiger partial charge in [0, 0.05) is 16.2 Å². The molecule has 166 valence electrons. The third kappa shape index (κ3) is 5.42. The molecule has 0 saturated carbocycles. The molecule has 8 heteroatoms. The Labute approximate surface area is 188 Å². The molecule has 4 N–H and O–H groups in total. The van der Waals surface area contributed by atoms with Crippen molar-refractivity contribution >= 4 is 22.9 Å². The van der Waals surface area contributed by atoms with E-state index in [2.05, 4.69) is 0 Å². The molecule has 32 heavy (non-hydrogen) atoms. The van der Waals surface area contributed by atoms with Crippen molar-refractivity contribution in [2.45, 2.75) is 19.7 Å². The maximum absolute atomic E-state index is 13.5. The van der Waals surface area contributed by atoms with Crippen LogP contribution in [0.1, 0.15) is 22.3 Å². The zero-order chi connectivity index (χ0) is 23.5. The summed E-state index contributed by atoms with van der Waals surface area (Å²) in [6.07, 6.45) is -4.86. The first-order chi connectivity index (χ1) is 15.1. The number of alkyl halides is 3. The summed E-state index contributed by atoms with van der Waals surface area (Å²) in [6.45, 7) is 1.96. The molecule has 3 rings (SSSR count). The first kappa shape index (κ1) is 23.2. The number of phenols is 1. The van der Waals surface area contributed by atoms with Gasteiger partial charge >= 0.3 is 6.18 Å². The fourth-order valence-electron chi connectivity index (χ4n) is 2.98. The van der Waals surface area contributed by atoms with Crippen molar-refractivity contribution in [2.24, 2.45) is 5.73 Å². The summed E-state index contributed by atoms with van der Waals surface area (Å²) in [7, 11) is 0. The topological polar surface area (TPSA) is 79.3 Å². The Morgan fingerprint density at radius 2 is 1.66 bits per heavy atom. The first-order valence-corrected chi connectivity index (χ1v) is 9.87. The Balaban J connectivity index is 1.98. The van der Waals surface area contributed by atoms with Gasteiger partial charge in [0.05, 0.1) is 5.71 Å². The van der Waals surface area contributed by atoms with Gasteiger partial charge < -0.3 is 15.6 Å². The molecule has 0 atom stereocenters. The molecule has 0 aromatic heterocycles. The van der Waals surface area contributed by atoms with Gasteiger partial charge in [-0.1, -0.05) is 53.6 Å². The van der Waals surface area contributed by atoms with E-state index >= 15 is 0 Å². The van der Waals surface area contributed by atoms with Crippen LogP contribution in [0.4, 0.5) is 13.2 Å². The van der Waals surface area contributed by atoms with E-state index in [1.165, 1.54) is 30.3 Å². The summed E-state index contributed by atoms with van der Waals surface area (Å²) >= 11 is 5.86. The van der Waals surface area contributed by atoms with Crippen molar-refractivity contribution in [3.05, 3.63) is 99.7 Å². The molecular weight excluding hydrogens is 441 g/mol. The Kier molecular flexibility index (Phi) is 6.79. The Hall–Kier alpha value is -3.45. The lowest BCUT2D eigenvalue weighted by molar-refractivity contribution is -0.0919. The van der Waals surface area contributed by atoms with Gasteiger partial charge in [0.15, 0.2) is 0 Å². The zero-order valence-electron chi connectivity index (χ0n) is 17.0. The van der Waals surface area contributed by atoms with E-state index in [1.54, 1.807) is 43.3 Å². The molecule has 0 bridgehead atoms. The van der Waals surface area contributed by atoms with Crippen LogP contribution in [-0.2, 0) is 6.61 Å². The van der Waals surface area contributed by atoms with Crippen LogP contribution in [0.15, 0.2) is 72.4 Å². The van der Waals surface area contributed by atoms with Gasteiger partial charge in [0.1, 0.15) is 23.8 Å². The second-order valence-electron chi connectivity index (χ2n) is 7.12. The molecule has 4 nitrogen and oxygen atoms in total. The van der Waals surface area contributed by atoms with Crippen molar-refractivity contribution in [3.63, 3.8) is 0 Å². The van der Waals surface area contributed by atoms with Gasteiger partial charge in [0.25, 0.3) is 0 Å². The highest BCUT2D eigenvalue weighted by molar-refractivity contribution is 6.32. The lowest BCUT2D eigenvalue weighted by atomic mass is 9.93. The lowest BCUT2D eigenvalue weighted by Gasteiger charge is -2.18. The minimum atomic E-state index is -4.86. The number of aromatic hydroxyl groups is 1. The number of aryl methyl sites for hydroxylation is 1. The van der Waals surface area contributed by atoms with Crippen LogP contribution >= 0.6 is 11.6 Å². The van der Waals surface area contributed by atoms with Crippen LogP contribution in [-0.4, -0.2) is 17.0 Å². The lowest BCUT2D eigenvalue weighted by Crippen LogP contribution is -2.24. The minimum Gasteiger partial charge on any atom is -0.507 e. The Morgan fingerprint density at radius 1 is 1.03 bits per heavy atom. The summed E-state index contributed by atoms with van der Waals surface area (Å²) in [4.78, 5) is 0. The average Bonchev–Trinajstić information content (AvgIpc) is 2.75. The molecule has 0 aliphatic heterocycles. The van der Waals surface area contributed by atoms with Gasteiger partial charge in [0.2, 0.25) is 0 Å². The molecular formula is C24H20ClF3N2O2. The van der Waals surface area contributed by atoms with E-state index in [9.17, 15) is 18.3 Å². The smallest absolute Gasteiger partial charge is 0.431 e. The molecule has 0 aliphatic rings. The van der Waals surface area contributed by atoms with Crippen LogP contribution in [0.3, 0.4) is 0 Å². The highest BCUT2D eigenvalue weighted by Crippen LogP contribution is 2.34. The first-order valence-electron chi connectivity index (χ1n) is 9.50. The maximum Gasteiger partial charge on any atom is 0.431 e. The van der Waals surface area contributed by atoms with Crippen LogP contribution in [0.2, 0.25) is 5.02 Å². The normalized spacial score (nSPS) is 12.3. The van der Waals surface area contributed by atoms with Crippen LogP contribution in [0.25, 0.3) is 5.57 Å². The third-order valence-electron chi connectivity index (χ3n) is 4.72. The van der Waals surface area contributed by atoms with E-state index in [0.717, 1.165) is 11.1 Å². The van der Waals surface area contributed by atoms with Crippen LogP contribution in [0, 0.1) is 12.3 Å². The van der Waals surface area contributed by atoms with Gasteiger partial charge in [-0.15, -0.1) is 0 Å². The highest BCUT2D eigenvalue weighted by atomic mass is 35.5. The summed E-state index contributed by atoms with van der Waals surface area (Å²) in [6, 6.07) is 17.1. The minimum absolute atomic E-state index is 0.113. The van der Waals surface area contributed by atoms with Crippen molar-refractivity contribution in [1.29, 1.82) is 5.41 Å². The number of nitrogens with one attached hydrogen (secondary N) is 1. The van der Waals surface area contributed by atoms with E-state index in [-0.39, 0.29) is 29.2 Å². The van der Waals surface area contributed by atoms with Gasteiger partial charge in [-0.2, -0.15) is 13.2 Å². The summed E-state index contributed by atoms with van der Waals surface area (Å²) < 4.78 is 46.1. The number of phenolic OH excluding ortho intramolecular Hbond substituents is 1. The van der Waals surface area contributed by atoms with Gasteiger partial charge in [-0.3, -0.25) is 5.41 Å². The fraction of sp³-hybridized carbons (Fsp3) is 0.125. The number of ether oxygens (including phenoxy) is 1. The Morgan fingerprint density at radius 3 is 2.25 bits per heavy atom. The average molecular weight is 461 g/mol. The monoisotopic (exact) mass is 460 g/mol. The summed E-state index contributed by atoms with van der Waals surface area (Å²) in [5, 5.41) is 19.3. The molecule has 0 fully saturated rings. The number of hydrogen-bond donors (Lipinski definition) is 3. The molecule has 0 radical (unpaired) electrons. The Bertz CT molecular complexity index is 1160. The molecule has 0 unspecified atom stereocenters. The number of benzene rings is 3. The second-order valence-corrected chi connectivity index (χ2v) is 7.56. The van der Waals surface area contributed by atoms with Gasteiger partial charge in [-0.25, -0.2) is 0 Å². The van der Waals surface area contributed by atoms with Crippen LogP contribution in [0.5, 0.6) is 11.5 Å². The summed E-state index contributed by atoms with van der Waals surface area (Å²) in [5.41, 5.74) is 4.55. The van der Waals surface area contributed by atoms with Crippen molar-refractivity contribution in [1.82, 2.24) is 0 Å². The van der Waals surface area contributed by atoms with E-state index in [4.69, 9.17) is 27.5 Å². The fourth-order valence-corrected chi connectivity index (χ4v) is 3.11. The molecule has 0 amide bonds. The molecule has 0 aliphatic carbocycles. The predicted molar refractivity (Wildman–Crippen MR) is 119 cm³/mol. The quantitative estimate of drug-likeness (QED) is 0.381. The predicted octanol–water partition coefficient (Wildman–Crippen LogP) is 6.23. The second kappa shape index (κ2) is 9.36. The SMILES string of the molecule is Cc1ccc(C(C(=N)c2cc(OCc3ccc(Cl)cc3)ccc2O)=C(N)C(F)(F)F)cc1. The molecule has 0 spiro atoms. The van der Waals surface area contributed by atoms with E-state index in [1.807, 2.05) is 0 Å². The standard InChI is InChI=1S/C24H20ClF3N2O2/c1-14-2-6-16(7-3-14)21(23(30)24(26,27)28)22(29)19-12-18(10-11-20(19)31)32-13-15-4-8-17(25)9-5-15/h2-12,29,31H,13,30H2,1H3. The zero-order valence-corrected chi connectivity index (χ0v) is 17.8. The maximum atomic E-state index is 13.5. The number of rotatable bonds is 6. The molecule has 3 aromatic carbocycles. The van der Waals surface area contributed by atoms with E-state index in [0.29, 0.717) is 5.02 Å². The van der Waals surface area contributed by atoms with Crippen molar-refractivity contribution in [2.75, 3.05) is 0 Å². The molecule has 3 aromatic rings. The number of nitrogens with two attached hydrogens (primary N) is 1. The molecule has 0 heterocycles. The van der Waals surface area contributed by atoms with Crippen LogP contribution < -0.4 is 10.5 Å². The van der Waals surface area contributed by atoms with Gasteiger partial charge in [-0.05, 0) is 48.4 Å². The highest BCUT2D eigenvalue weighted by Gasteiger charge is 2.36. The van der Waals surface area contributed by atoms with Crippen molar-refractivity contribution in [3.8, 4) is 11.5 Å².